The van der Waals surface area contributed by atoms with E-state index >= 15 is 0 Å². The van der Waals surface area contributed by atoms with Gasteiger partial charge in [0.1, 0.15) is 0 Å². The van der Waals surface area contributed by atoms with E-state index in [0.29, 0.717) is 12.1 Å². The van der Waals surface area contributed by atoms with Crippen LogP contribution in [0.3, 0.4) is 0 Å². The molecular weight excluding hydrogens is 198 g/mol. The molecule has 0 radical (unpaired) electrons. The van der Waals surface area contributed by atoms with Crippen molar-refractivity contribution in [2.45, 2.75) is 24.9 Å². The van der Waals surface area contributed by atoms with E-state index in [-0.39, 0.29) is 8.20 Å². The summed E-state index contributed by atoms with van der Waals surface area (Å²) >= 11 is 10.2. The normalized spacial score (nSPS) is 38.3. The summed E-state index contributed by atoms with van der Waals surface area (Å²) in [5, 5.41) is 0. The maximum absolute atomic E-state index is 5.41. The maximum Gasteiger partial charge on any atom is 0.0607 e. The van der Waals surface area contributed by atoms with Gasteiger partial charge in [-0.2, -0.15) is 0 Å². The van der Waals surface area contributed by atoms with Gasteiger partial charge >= 0.3 is 0 Å². The number of hydrogen-bond acceptors (Lipinski definition) is 4. The summed E-state index contributed by atoms with van der Waals surface area (Å²) in [6, 6.07) is 1.07. The lowest BCUT2D eigenvalue weighted by molar-refractivity contribution is 0.0320. The monoisotopic (exact) mass is 208 g/mol. The number of hydrogen-bond donors (Lipinski definition) is 0. The molecule has 2 bridgehead atoms. The second-order valence-electron chi connectivity index (χ2n) is 3.00. The molecule has 2 fully saturated rings. The zero-order chi connectivity index (χ0) is 7.84. The van der Waals surface area contributed by atoms with Gasteiger partial charge in [-0.1, -0.05) is 0 Å². The van der Waals surface area contributed by atoms with E-state index < -0.39 is 0 Å². The molecule has 0 N–H and O–H groups in total. The summed E-state index contributed by atoms with van der Waals surface area (Å²) in [5.41, 5.74) is 0. The molecule has 0 aromatic rings. The molecule has 2 heterocycles. The van der Waals surface area contributed by atoms with Crippen molar-refractivity contribution in [2.75, 3.05) is 13.2 Å². The van der Waals surface area contributed by atoms with Crippen LogP contribution < -0.4 is 0 Å². The summed E-state index contributed by atoms with van der Waals surface area (Å²) < 4.78 is 7.69. The van der Waals surface area contributed by atoms with Gasteiger partial charge in [0.05, 0.1) is 13.2 Å². The average Bonchev–Trinajstić information content (AvgIpc) is 2.23. The number of morpholine rings is 1. The van der Waals surface area contributed by atoms with Gasteiger partial charge in [-0.05, 0) is 12.8 Å². The highest BCUT2D eigenvalue weighted by Gasteiger charge is 2.32. The third-order valence-corrected chi connectivity index (χ3v) is 4.32. The van der Waals surface area contributed by atoms with Crippen molar-refractivity contribution < 1.29 is 4.74 Å². The number of fused-ring (bicyclic) bond motifs is 2. The molecule has 2 aliphatic heterocycles. The fourth-order valence-electron chi connectivity index (χ4n) is 1.83. The predicted octanol–water partition coefficient (Wildman–Crippen LogP) is 0.307. The molecule has 0 amide bonds. The van der Waals surface area contributed by atoms with Gasteiger partial charge in [0.2, 0.25) is 0 Å². The average molecular weight is 208 g/mol. The molecule has 64 valence electrons. The lowest BCUT2D eigenvalue weighted by atomic mass is 10.2. The van der Waals surface area contributed by atoms with Crippen LogP contribution in [-0.4, -0.2) is 29.6 Å². The predicted molar refractivity (Wildman–Crippen MR) is 51.6 cm³/mol. The van der Waals surface area contributed by atoms with E-state index in [9.17, 15) is 0 Å². The number of rotatable bonds is 1. The van der Waals surface area contributed by atoms with Crippen molar-refractivity contribution in [1.29, 1.82) is 0 Å². The Hall–Kier alpha value is 0.710. The second kappa shape index (κ2) is 3.22. The molecule has 2 unspecified atom stereocenters. The van der Waals surface area contributed by atoms with E-state index in [1.54, 1.807) is 0 Å². The molecule has 0 aliphatic carbocycles. The van der Waals surface area contributed by atoms with E-state index in [0.717, 1.165) is 13.2 Å². The minimum atomic E-state index is -0.380. The SMILES string of the molecule is S=[S-](=S)N1C2CCC1COC2. The Balaban J connectivity index is 2.21. The van der Waals surface area contributed by atoms with Crippen molar-refractivity contribution in [3.05, 3.63) is 0 Å². The zero-order valence-corrected chi connectivity index (χ0v) is 8.51. The minimum Gasteiger partial charge on any atom is -0.378 e. The molecule has 5 heteroatoms. The highest BCUT2D eigenvalue weighted by Crippen LogP contribution is 2.28. The van der Waals surface area contributed by atoms with Crippen molar-refractivity contribution in [1.82, 2.24) is 4.31 Å². The molecule has 2 aliphatic rings. The van der Waals surface area contributed by atoms with Gasteiger partial charge in [0.15, 0.2) is 0 Å². The molecule has 2 rings (SSSR count). The van der Waals surface area contributed by atoms with Gasteiger partial charge in [0.25, 0.3) is 0 Å². The highest BCUT2D eigenvalue weighted by molar-refractivity contribution is 8.45. The van der Waals surface area contributed by atoms with Crippen LogP contribution in [0.5, 0.6) is 0 Å². The van der Waals surface area contributed by atoms with Crippen LogP contribution >= 0.6 is 0 Å². The fourth-order valence-corrected chi connectivity index (χ4v) is 4.11. The van der Waals surface area contributed by atoms with Crippen LogP contribution in [0.2, 0.25) is 0 Å². The third kappa shape index (κ3) is 1.45. The van der Waals surface area contributed by atoms with Gasteiger partial charge in [-0.15, -0.1) is 0 Å². The van der Waals surface area contributed by atoms with Crippen LogP contribution in [0.15, 0.2) is 0 Å². The first-order chi connectivity index (χ1) is 5.29. The van der Waals surface area contributed by atoms with E-state index in [1.807, 2.05) is 0 Å². The Bertz CT molecular complexity index is 204. The molecule has 2 nitrogen and oxygen atoms in total. The molecule has 11 heavy (non-hydrogen) atoms. The quantitative estimate of drug-likeness (QED) is 0.575. The van der Waals surface area contributed by atoms with E-state index in [2.05, 4.69) is 4.31 Å². The van der Waals surface area contributed by atoms with Crippen LogP contribution in [0.4, 0.5) is 0 Å². The summed E-state index contributed by atoms with van der Waals surface area (Å²) in [6.07, 6.45) is 2.45. The number of ether oxygens (including phenoxy) is 1. The highest BCUT2D eigenvalue weighted by atomic mass is 33.1. The fraction of sp³-hybridized carbons (Fsp3) is 1.00. The molecule has 2 saturated heterocycles. The Kier molecular flexibility index (Phi) is 2.43. The molecular formula is C6H10NOS3-. The van der Waals surface area contributed by atoms with Gasteiger partial charge in [-0.3, -0.25) is 8.20 Å². The summed E-state index contributed by atoms with van der Waals surface area (Å²) in [6.45, 7) is 1.68. The smallest absolute Gasteiger partial charge is 0.0607 e. The molecule has 0 aromatic carbocycles. The molecule has 0 aromatic heterocycles. The van der Waals surface area contributed by atoms with Crippen molar-refractivity contribution in [2.24, 2.45) is 0 Å². The van der Waals surface area contributed by atoms with Crippen LogP contribution in [0.1, 0.15) is 12.8 Å². The standard InChI is InChI=1S/C6H10NOS3/c9-11(10)7-5-1-2-6(7)4-8-3-5/h5-6H,1-4H2/q-1. The van der Waals surface area contributed by atoms with Crippen LogP contribution in [0, 0.1) is 0 Å². The van der Waals surface area contributed by atoms with Crippen LogP contribution in [-0.2, 0) is 35.3 Å². The summed E-state index contributed by atoms with van der Waals surface area (Å²) in [7, 11) is -0.380. The summed E-state index contributed by atoms with van der Waals surface area (Å²) in [4.78, 5) is 0. The Morgan fingerprint density at radius 3 is 2.09 bits per heavy atom. The first-order valence-electron chi connectivity index (χ1n) is 3.74. The Morgan fingerprint density at radius 1 is 1.18 bits per heavy atom. The van der Waals surface area contributed by atoms with Crippen molar-refractivity contribution in [3.8, 4) is 0 Å². The lowest BCUT2D eigenvalue weighted by Crippen LogP contribution is -2.44. The maximum atomic E-state index is 5.41. The van der Waals surface area contributed by atoms with Gasteiger partial charge in [0, 0.05) is 12.1 Å². The second-order valence-corrected chi connectivity index (χ2v) is 6.38. The van der Waals surface area contributed by atoms with Gasteiger partial charge in [-0.25, -0.2) is 22.4 Å². The van der Waals surface area contributed by atoms with Crippen molar-refractivity contribution >= 4 is 30.6 Å². The zero-order valence-electron chi connectivity index (χ0n) is 6.06. The largest absolute Gasteiger partial charge is 0.378 e. The minimum absolute atomic E-state index is 0.380. The topological polar surface area (TPSA) is 12.5 Å². The first-order valence-corrected chi connectivity index (χ1v) is 6.77. The molecule has 0 saturated carbocycles. The summed E-state index contributed by atoms with van der Waals surface area (Å²) in [5.74, 6) is 0. The lowest BCUT2D eigenvalue weighted by Gasteiger charge is -2.39. The Morgan fingerprint density at radius 2 is 1.73 bits per heavy atom. The molecule has 0 spiro atoms. The van der Waals surface area contributed by atoms with Gasteiger partial charge < -0.3 is 9.04 Å². The van der Waals surface area contributed by atoms with E-state index in [1.165, 1.54) is 12.8 Å². The first kappa shape index (κ1) is 8.31. The molecule has 2 atom stereocenters. The third-order valence-electron chi connectivity index (χ3n) is 2.35. The van der Waals surface area contributed by atoms with E-state index in [4.69, 9.17) is 27.1 Å². The number of nitrogens with zero attached hydrogens (tertiary/aromatic N) is 1. The van der Waals surface area contributed by atoms with Crippen molar-refractivity contribution in [3.63, 3.8) is 0 Å². The Labute approximate surface area is 77.9 Å². The van der Waals surface area contributed by atoms with Crippen LogP contribution in [0.25, 0.3) is 0 Å².